The molecule has 0 bridgehead atoms. The Bertz CT molecular complexity index is 441. The minimum absolute atomic E-state index is 0.133. The quantitative estimate of drug-likeness (QED) is 0.805. The van der Waals surface area contributed by atoms with Crippen LogP contribution in [0.15, 0.2) is 12.1 Å². The number of carbonyl (C=O) groups is 1. The van der Waals surface area contributed by atoms with Crippen molar-refractivity contribution in [2.75, 3.05) is 13.2 Å². The van der Waals surface area contributed by atoms with E-state index in [2.05, 4.69) is 4.98 Å². The van der Waals surface area contributed by atoms with E-state index in [1.165, 1.54) is 12.1 Å². The molecule has 4 nitrogen and oxygen atoms in total. The first kappa shape index (κ1) is 14.8. The Morgan fingerprint density at radius 1 is 1.56 bits per heavy atom. The Morgan fingerprint density at radius 2 is 2.22 bits per heavy atom. The van der Waals surface area contributed by atoms with Crippen LogP contribution in [0.4, 0.5) is 8.78 Å². The summed E-state index contributed by atoms with van der Waals surface area (Å²) in [6.45, 7) is -0.408. The zero-order valence-electron chi connectivity index (χ0n) is 9.71. The van der Waals surface area contributed by atoms with Crippen molar-refractivity contribution in [3.8, 4) is 0 Å². The number of pyridine rings is 1. The molecule has 7 heteroatoms. The normalized spacial score (nSPS) is 11.4. The van der Waals surface area contributed by atoms with Gasteiger partial charge in [-0.15, -0.1) is 0 Å². The Morgan fingerprint density at radius 3 is 2.78 bits per heavy atom. The summed E-state index contributed by atoms with van der Waals surface area (Å²) >= 11 is 5.71. The molecule has 1 amide bonds. The third-order valence-electron chi connectivity index (χ3n) is 2.21. The highest BCUT2D eigenvalue weighted by Gasteiger charge is 2.28. The second kappa shape index (κ2) is 6.06. The molecule has 0 fully saturated rings. The van der Waals surface area contributed by atoms with Crippen molar-refractivity contribution in [1.29, 1.82) is 0 Å². The fraction of sp³-hybridized carbons (Fsp3) is 0.455. The molecule has 0 aliphatic rings. The van der Waals surface area contributed by atoms with E-state index in [4.69, 9.17) is 16.7 Å². The lowest BCUT2D eigenvalue weighted by molar-refractivity contribution is -0.0462. The molecule has 0 aliphatic carbocycles. The number of hydrogen-bond acceptors (Lipinski definition) is 3. The minimum atomic E-state index is -3.33. The molecule has 0 atom stereocenters. The molecule has 0 aromatic carbocycles. The molecule has 1 heterocycles. The summed E-state index contributed by atoms with van der Waals surface area (Å²) in [5.41, 5.74) is 0.766. The SMILES string of the molecule is CCc1cc(C(=O)NCC(F)(F)CO)cc(Cl)n1. The highest BCUT2D eigenvalue weighted by atomic mass is 35.5. The average molecular weight is 279 g/mol. The number of aliphatic hydroxyl groups is 1. The van der Waals surface area contributed by atoms with Crippen LogP contribution in [0.1, 0.15) is 23.0 Å². The molecule has 2 N–H and O–H groups in total. The smallest absolute Gasteiger partial charge is 0.287 e. The van der Waals surface area contributed by atoms with Gasteiger partial charge in [-0.3, -0.25) is 4.79 Å². The number of aryl methyl sites for hydroxylation is 1. The van der Waals surface area contributed by atoms with E-state index in [9.17, 15) is 13.6 Å². The summed E-state index contributed by atoms with van der Waals surface area (Å²) < 4.78 is 25.5. The van der Waals surface area contributed by atoms with Gasteiger partial charge in [-0.2, -0.15) is 0 Å². The number of nitrogens with one attached hydrogen (secondary N) is 1. The Balaban J connectivity index is 2.75. The highest BCUT2D eigenvalue weighted by molar-refractivity contribution is 6.29. The fourth-order valence-corrected chi connectivity index (χ4v) is 1.46. The number of halogens is 3. The van der Waals surface area contributed by atoms with Gasteiger partial charge in [0.25, 0.3) is 11.8 Å². The second-order valence-electron chi connectivity index (χ2n) is 3.72. The van der Waals surface area contributed by atoms with Crippen molar-refractivity contribution >= 4 is 17.5 Å². The number of carbonyl (C=O) groups excluding carboxylic acids is 1. The minimum Gasteiger partial charge on any atom is -0.390 e. The van der Waals surface area contributed by atoms with Crippen molar-refractivity contribution in [2.45, 2.75) is 19.3 Å². The van der Waals surface area contributed by atoms with Crippen molar-refractivity contribution in [3.05, 3.63) is 28.5 Å². The molecule has 1 aromatic rings. The lowest BCUT2D eigenvalue weighted by atomic mass is 10.2. The van der Waals surface area contributed by atoms with Crippen molar-refractivity contribution in [2.24, 2.45) is 0 Å². The maximum atomic E-state index is 12.8. The number of hydrogen-bond donors (Lipinski definition) is 2. The van der Waals surface area contributed by atoms with E-state index < -0.39 is 25.0 Å². The number of aliphatic hydroxyl groups excluding tert-OH is 1. The molecule has 0 saturated carbocycles. The fourth-order valence-electron chi connectivity index (χ4n) is 1.23. The molecule has 0 saturated heterocycles. The Hall–Kier alpha value is -1.27. The number of amides is 1. The van der Waals surface area contributed by atoms with Crippen LogP contribution in [0.3, 0.4) is 0 Å². The summed E-state index contributed by atoms with van der Waals surface area (Å²) in [4.78, 5) is 15.6. The molecule has 100 valence electrons. The molecule has 0 radical (unpaired) electrons. The van der Waals surface area contributed by atoms with E-state index in [0.29, 0.717) is 12.1 Å². The van der Waals surface area contributed by atoms with Crippen LogP contribution in [0.2, 0.25) is 5.15 Å². The number of nitrogens with zero attached hydrogens (tertiary/aromatic N) is 1. The monoisotopic (exact) mass is 278 g/mol. The standard InChI is InChI=1S/C11H13ClF2N2O2/c1-2-8-3-7(4-9(12)16-8)10(18)15-5-11(13,14)6-17/h3-4,17H,2,5-6H2,1H3,(H,15,18). The molecule has 0 unspecified atom stereocenters. The number of aromatic nitrogens is 1. The molecular formula is C11H13ClF2N2O2. The van der Waals surface area contributed by atoms with E-state index in [0.717, 1.165) is 0 Å². The third kappa shape index (κ3) is 4.19. The van der Waals surface area contributed by atoms with Crippen LogP contribution in [0.5, 0.6) is 0 Å². The van der Waals surface area contributed by atoms with Gasteiger partial charge in [0.1, 0.15) is 11.8 Å². The summed E-state index contributed by atoms with van der Waals surface area (Å²) in [6.07, 6.45) is 0.577. The van der Waals surface area contributed by atoms with Crippen molar-refractivity contribution in [1.82, 2.24) is 10.3 Å². The van der Waals surface area contributed by atoms with Crippen LogP contribution in [-0.2, 0) is 6.42 Å². The first-order valence-electron chi connectivity index (χ1n) is 5.31. The van der Waals surface area contributed by atoms with Gasteiger partial charge in [0, 0.05) is 11.3 Å². The summed E-state index contributed by atoms with van der Waals surface area (Å²) in [5, 5.41) is 10.5. The van der Waals surface area contributed by atoms with Crippen molar-refractivity contribution in [3.63, 3.8) is 0 Å². The van der Waals surface area contributed by atoms with E-state index >= 15 is 0 Å². The maximum absolute atomic E-state index is 12.8. The van der Waals surface area contributed by atoms with E-state index in [1.807, 2.05) is 12.2 Å². The summed E-state index contributed by atoms with van der Waals surface area (Å²) in [6, 6.07) is 2.78. The Labute approximate surface area is 108 Å². The van der Waals surface area contributed by atoms with E-state index in [1.54, 1.807) is 0 Å². The second-order valence-corrected chi connectivity index (χ2v) is 4.11. The van der Waals surface area contributed by atoms with Gasteiger partial charge in [-0.05, 0) is 18.6 Å². The van der Waals surface area contributed by atoms with Gasteiger partial charge in [-0.1, -0.05) is 18.5 Å². The van der Waals surface area contributed by atoms with Gasteiger partial charge >= 0.3 is 0 Å². The lowest BCUT2D eigenvalue weighted by Crippen LogP contribution is -2.39. The van der Waals surface area contributed by atoms with Gasteiger partial charge < -0.3 is 10.4 Å². The van der Waals surface area contributed by atoms with Crippen molar-refractivity contribution < 1.29 is 18.7 Å². The molecule has 0 aliphatic heterocycles. The third-order valence-corrected chi connectivity index (χ3v) is 2.40. The Kier molecular flexibility index (Phi) is 4.98. The van der Waals surface area contributed by atoms with E-state index in [-0.39, 0.29) is 10.7 Å². The molecular weight excluding hydrogens is 266 g/mol. The molecule has 1 aromatic heterocycles. The number of alkyl halides is 2. The first-order chi connectivity index (χ1) is 8.38. The van der Waals surface area contributed by atoms with Gasteiger partial charge in [0.15, 0.2) is 0 Å². The van der Waals surface area contributed by atoms with Gasteiger partial charge in [0.05, 0.1) is 6.54 Å². The summed E-state index contributed by atoms with van der Waals surface area (Å²) in [7, 11) is 0. The predicted molar refractivity (Wildman–Crippen MR) is 63.0 cm³/mol. The molecule has 1 rings (SSSR count). The van der Waals surface area contributed by atoms with Gasteiger partial charge in [0.2, 0.25) is 0 Å². The zero-order chi connectivity index (χ0) is 13.8. The topological polar surface area (TPSA) is 62.2 Å². The molecule has 18 heavy (non-hydrogen) atoms. The van der Waals surface area contributed by atoms with Crippen LogP contribution in [0.25, 0.3) is 0 Å². The number of rotatable bonds is 5. The average Bonchev–Trinajstić information content (AvgIpc) is 2.35. The van der Waals surface area contributed by atoms with Crippen LogP contribution in [0, 0.1) is 0 Å². The zero-order valence-corrected chi connectivity index (χ0v) is 10.5. The molecule has 0 spiro atoms. The van der Waals surface area contributed by atoms with Crippen LogP contribution in [-0.4, -0.2) is 35.1 Å². The van der Waals surface area contributed by atoms with Gasteiger partial charge in [-0.25, -0.2) is 13.8 Å². The first-order valence-corrected chi connectivity index (χ1v) is 5.69. The maximum Gasteiger partial charge on any atom is 0.287 e. The largest absolute Gasteiger partial charge is 0.390 e. The summed E-state index contributed by atoms with van der Waals surface area (Å²) in [5.74, 6) is -4.01. The van der Waals surface area contributed by atoms with Crippen LogP contribution >= 0.6 is 11.6 Å². The highest BCUT2D eigenvalue weighted by Crippen LogP contribution is 2.13. The predicted octanol–water partition coefficient (Wildman–Crippen LogP) is 1.65. The van der Waals surface area contributed by atoms with Crippen LogP contribution < -0.4 is 5.32 Å². The lowest BCUT2D eigenvalue weighted by Gasteiger charge is -2.14.